The van der Waals surface area contributed by atoms with Gasteiger partial charge in [0.05, 0.1) is 20.4 Å². The number of carbonyl (C=O) groups is 1. The molecule has 5 rings (SSSR count). The number of fused-ring (bicyclic) bond motifs is 3. The number of rotatable bonds is 4. The maximum absolute atomic E-state index is 8.36. The molecule has 0 amide bonds. The van der Waals surface area contributed by atoms with Gasteiger partial charge in [0, 0.05) is 34.3 Å². The van der Waals surface area contributed by atoms with Gasteiger partial charge in [-0.3, -0.25) is 4.79 Å². The number of carboxylic acid groups (broad SMARTS) is 1. The summed E-state index contributed by atoms with van der Waals surface area (Å²) in [5.41, 5.74) is 8.66. The molecule has 3 aromatic rings. The highest BCUT2D eigenvalue weighted by Gasteiger charge is 2.42. The number of hydrogen-bond acceptors (Lipinski definition) is 6. The first-order valence-corrected chi connectivity index (χ1v) is 12.8. The first-order valence-electron chi connectivity index (χ1n) is 9.90. The van der Waals surface area contributed by atoms with E-state index in [1.165, 1.54) is 33.7 Å². The van der Waals surface area contributed by atoms with Gasteiger partial charge < -0.3 is 16.2 Å². The molecule has 3 heterocycles. The van der Waals surface area contributed by atoms with Crippen molar-refractivity contribution in [1.82, 2.24) is 4.98 Å². The Kier molecular flexibility index (Phi) is 6.99. The summed E-state index contributed by atoms with van der Waals surface area (Å²) >= 11 is 13.8. The Hall–Kier alpha value is -1.19. The van der Waals surface area contributed by atoms with Gasteiger partial charge in [0.2, 0.25) is 0 Å². The van der Waals surface area contributed by atoms with E-state index in [2.05, 4.69) is 43.7 Å². The molecule has 30 heavy (non-hydrogen) atoms. The molecule has 9 heteroatoms. The molecule has 2 unspecified atom stereocenters. The van der Waals surface area contributed by atoms with Gasteiger partial charge in [-0.15, -0.1) is 22.7 Å². The van der Waals surface area contributed by atoms with Crippen molar-refractivity contribution in [3.05, 3.63) is 43.0 Å². The number of hydrogen-bond donors (Lipinski definition) is 3. The van der Waals surface area contributed by atoms with E-state index in [9.17, 15) is 0 Å². The summed E-state index contributed by atoms with van der Waals surface area (Å²) in [6.45, 7) is 0.547. The van der Waals surface area contributed by atoms with Gasteiger partial charge in [-0.25, -0.2) is 4.98 Å². The van der Waals surface area contributed by atoms with E-state index in [1.54, 1.807) is 11.3 Å². The van der Waals surface area contributed by atoms with Crippen LogP contribution in [0.15, 0.2) is 28.1 Å². The van der Waals surface area contributed by atoms with Crippen molar-refractivity contribution in [2.75, 3.05) is 5.32 Å². The zero-order valence-electron chi connectivity index (χ0n) is 16.2. The molecule has 160 valence electrons. The van der Waals surface area contributed by atoms with Crippen LogP contribution in [0.3, 0.4) is 0 Å². The summed E-state index contributed by atoms with van der Waals surface area (Å²) < 4.78 is 2.26. The lowest BCUT2D eigenvalue weighted by Gasteiger charge is -2.34. The zero-order valence-corrected chi connectivity index (χ0v) is 20.2. The van der Waals surface area contributed by atoms with Crippen LogP contribution in [-0.4, -0.2) is 22.6 Å². The Morgan fingerprint density at radius 3 is 2.93 bits per heavy atom. The number of nitrogens with zero attached hydrogens (tertiary/aromatic N) is 1. The normalized spacial score (nSPS) is 25.0. The fourth-order valence-corrected chi connectivity index (χ4v) is 8.07. The molecule has 0 saturated heterocycles. The lowest BCUT2D eigenvalue weighted by molar-refractivity contribution is -0.122. The number of thiophene rings is 2. The van der Waals surface area contributed by atoms with Gasteiger partial charge >= 0.3 is 0 Å². The van der Waals surface area contributed by atoms with Crippen molar-refractivity contribution in [3.8, 4) is 0 Å². The van der Waals surface area contributed by atoms with Crippen LogP contribution in [0.5, 0.6) is 0 Å². The highest BCUT2D eigenvalue weighted by Crippen LogP contribution is 2.54. The van der Waals surface area contributed by atoms with Gasteiger partial charge in [0.15, 0.2) is 0 Å². The minimum atomic E-state index is -0.250. The maximum atomic E-state index is 8.36. The highest BCUT2D eigenvalue weighted by molar-refractivity contribution is 9.10. The molecule has 2 bridgehead atoms. The van der Waals surface area contributed by atoms with Gasteiger partial charge in [-0.2, -0.15) is 0 Å². The number of anilines is 1. The van der Waals surface area contributed by atoms with Gasteiger partial charge in [0.1, 0.15) is 5.15 Å². The topological polar surface area (TPSA) is 88.2 Å². The molecule has 2 aliphatic carbocycles. The summed E-state index contributed by atoms with van der Waals surface area (Å²) in [6, 6.07) is 6.41. The third kappa shape index (κ3) is 4.39. The monoisotopic (exact) mass is 527 g/mol. The largest absolute Gasteiger partial charge is 0.483 e. The number of nitrogens with two attached hydrogens (primary N) is 1. The Balaban J connectivity index is 0.000000687. The predicted octanol–water partition coefficient (Wildman–Crippen LogP) is 6.32. The van der Waals surface area contributed by atoms with Gasteiger partial charge in [-0.1, -0.05) is 24.1 Å². The minimum Gasteiger partial charge on any atom is -0.483 e. The van der Waals surface area contributed by atoms with Crippen LogP contribution in [0.4, 0.5) is 5.69 Å². The molecule has 2 aliphatic rings. The molecule has 4 N–H and O–H groups in total. The number of nitrogens with one attached hydrogen (secondary N) is 1. The lowest BCUT2D eigenvalue weighted by Crippen LogP contribution is -2.36. The predicted molar refractivity (Wildman–Crippen MR) is 129 cm³/mol. The number of aromatic nitrogens is 1. The summed E-state index contributed by atoms with van der Waals surface area (Å²) in [5, 5.41) is 13.1. The zero-order chi connectivity index (χ0) is 21.3. The van der Waals surface area contributed by atoms with Crippen LogP contribution in [0.25, 0.3) is 10.2 Å². The summed E-state index contributed by atoms with van der Waals surface area (Å²) in [4.78, 5) is 15.7. The van der Waals surface area contributed by atoms with E-state index in [0.717, 1.165) is 34.6 Å². The molecule has 0 aliphatic heterocycles. The average Bonchev–Trinajstić information content (AvgIpc) is 3.43. The van der Waals surface area contributed by atoms with Crippen molar-refractivity contribution in [3.63, 3.8) is 0 Å². The second-order valence-corrected chi connectivity index (χ2v) is 11.1. The van der Waals surface area contributed by atoms with Crippen LogP contribution in [0.2, 0.25) is 5.15 Å². The second kappa shape index (κ2) is 9.53. The Labute approximate surface area is 196 Å². The summed E-state index contributed by atoms with van der Waals surface area (Å²) in [6.07, 6.45) is 5.13. The van der Waals surface area contributed by atoms with Crippen molar-refractivity contribution in [1.29, 1.82) is 0 Å². The van der Waals surface area contributed by atoms with Crippen molar-refractivity contribution in [2.24, 2.45) is 17.6 Å². The van der Waals surface area contributed by atoms with E-state index >= 15 is 0 Å². The van der Waals surface area contributed by atoms with Crippen LogP contribution in [0.1, 0.15) is 41.4 Å². The molecule has 0 spiro atoms. The van der Waals surface area contributed by atoms with E-state index in [-0.39, 0.29) is 12.5 Å². The smallest absolute Gasteiger partial charge is 0.290 e. The summed E-state index contributed by atoms with van der Waals surface area (Å²) in [7, 11) is 0. The van der Waals surface area contributed by atoms with E-state index in [4.69, 9.17) is 27.2 Å². The Morgan fingerprint density at radius 2 is 2.20 bits per heavy atom. The molecule has 0 aromatic carbocycles. The highest BCUT2D eigenvalue weighted by atomic mass is 79.9. The fraction of sp³-hybridized carbons (Fsp3) is 0.429. The van der Waals surface area contributed by atoms with E-state index in [1.807, 2.05) is 17.4 Å². The Bertz CT molecular complexity index is 1030. The van der Waals surface area contributed by atoms with E-state index < -0.39 is 0 Å². The molecule has 2 fully saturated rings. The van der Waals surface area contributed by atoms with Crippen LogP contribution >= 0.6 is 50.2 Å². The van der Waals surface area contributed by atoms with Crippen molar-refractivity contribution >= 4 is 72.6 Å². The van der Waals surface area contributed by atoms with Gasteiger partial charge in [0.25, 0.3) is 6.47 Å². The number of pyridine rings is 1. The molecule has 2 saturated carbocycles. The molecule has 5 nitrogen and oxygen atoms in total. The fourth-order valence-electron chi connectivity index (χ4n) is 4.91. The van der Waals surface area contributed by atoms with Crippen molar-refractivity contribution < 1.29 is 9.90 Å². The average molecular weight is 529 g/mol. The number of halogens is 2. The SMILES string of the molecule is N[C@@H]1CC2CCC(C2)[C@H]1c1sc2c(NCc3cccs3)cc(Cl)nc2c1Br.O=CO. The van der Waals surface area contributed by atoms with Crippen molar-refractivity contribution in [2.45, 2.75) is 44.2 Å². The summed E-state index contributed by atoms with van der Waals surface area (Å²) in [5.74, 6) is 1.98. The van der Waals surface area contributed by atoms with Crippen LogP contribution < -0.4 is 11.1 Å². The minimum absolute atomic E-state index is 0.249. The maximum Gasteiger partial charge on any atom is 0.290 e. The second-order valence-electron chi connectivity index (χ2n) is 7.85. The van der Waals surface area contributed by atoms with Crippen LogP contribution in [-0.2, 0) is 11.3 Å². The lowest BCUT2D eigenvalue weighted by atomic mass is 9.76. The molecular formula is C21H23BrClN3O2S2. The van der Waals surface area contributed by atoms with Gasteiger partial charge in [-0.05, 0) is 58.5 Å². The Morgan fingerprint density at radius 1 is 1.40 bits per heavy atom. The third-order valence-corrected chi connectivity index (χ3v) is 9.52. The quantitative estimate of drug-likeness (QED) is 0.272. The first kappa shape index (κ1) is 22.0. The standard InChI is InChI=1S/C20H21BrClN3S2.CH2O2/c21-17-18-19(14(8-15(22)25-18)24-9-12-2-1-5-26-12)27-20(17)16-11-4-3-10(6-11)7-13(16)23;2-1-3/h1-2,5,8,10-11,13,16H,3-4,6-7,9,23H2,(H,24,25);1H,(H,2,3)/t10?,11?,13-,16-;/m1./s1. The molecular weight excluding hydrogens is 506 g/mol. The van der Waals surface area contributed by atoms with E-state index in [0.29, 0.717) is 17.0 Å². The molecule has 4 atom stereocenters. The third-order valence-electron chi connectivity index (χ3n) is 6.07. The van der Waals surface area contributed by atoms with Crippen LogP contribution in [0, 0.1) is 11.8 Å². The molecule has 0 radical (unpaired) electrons. The molecule has 3 aromatic heterocycles. The first-order chi connectivity index (χ1) is 14.5.